The largest absolute Gasteiger partial charge is 0.355 e. The Kier molecular flexibility index (Phi) is 4.22. The topological polar surface area (TPSA) is 32.7 Å². The Morgan fingerprint density at radius 3 is 2.75 bits per heavy atom. The van der Waals surface area contributed by atoms with Crippen LogP contribution in [0.25, 0.3) is 0 Å². The first-order valence-corrected chi connectivity index (χ1v) is 5.26. The van der Waals surface area contributed by atoms with Gasteiger partial charge in [-0.2, -0.15) is 0 Å². The predicted molar refractivity (Wildman–Crippen MR) is 55.7 cm³/mol. The van der Waals surface area contributed by atoms with E-state index in [2.05, 4.69) is 13.8 Å². The van der Waals surface area contributed by atoms with Crippen molar-refractivity contribution in [3.8, 4) is 0 Å². The van der Waals surface area contributed by atoms with E-state index in [-0.39, 0.29) is 0 Å². The third-order valence-corrected chi connectivity index (χ3v) is 2.93. The summed E-state index contributed by atoms with van der Waals surface area (Å²) in [7, 11) is 0. The van der Waals surface area contributed by atoms with Gasteiger partial charge in [0.15, 0.2) is 0 Å². The molecular weight excluding hydrogens is 269 g/mol. The zero-order chi connectivity index (χ0) is 9.14. The molecular formula is C8H16INO2. The summed E-state index contributed by atoms with van der Waals surface area (Å²) in [6.07, 6.45) is 1.62. The summed E-state index contributed by atoms with van der Waals surface area (Å²) in [5.41, 5.74) is 0. The second-order valence-electron chi connectivity index (χ2n) is 3.61. The summed E-state index contributed by atoms with van der Waals surface area (Å²) in [6, 6.07) is 0.481. The van der Waals surface area contributed by atoms with Crippen LogP contribution in [-0.4, -0.2) is 29.0 Å². The van der Waals surface area contributed by atoms with Gasteiger partial charge in [-0.05, 0) is 18.8 Å². The van der Waals surface area contributed by atoms with Crippen LogP contribution in [0.15, 0.2) is 0 Å². The lowest BCUT2D eigenvalue weighted by molar-refractivity contribution is -0.123. The van der Waals surface area contributed by atoms with Crippen LogP contribution in [0.1, 0.15) is 26.7 Å². The normalized spacial score (nSPS) is 28.2. The molecule has 0 amide bonds. The fourth-order valence-corrected chi connectivity index (χ4v) is 2.15. The molecule has 12 heavy (non-hydrogen) atoms. The molecule has 2 unspecified atom stereocenters. The molecule has 1 fully saturated rings. The van der Waals surface area contributed by atoms with Crippen molar-refractivity contribution < 1.29 is 8.17 Å². The van der Waals surface area contributed by atoms with Crippen LogP contribution in [0.2, 0.25) is 0 Å². The number of halogens is 1. The predicted octanol–water partition coefficient (Wildman–Crippen LogP) is 1.75. The monoisotopic (exact) mass is 285 g/mol. The van der Waals surface area contributed by atoms with E-state index in [1.807, 2.05) is 4.90 Å². The van der Waals surface area contributed by atoms with E-state index < -0.39 is 6.41 Å². The highest BCUT2D eigenvalue weighted by molar-refractivity contribution is 14.1. The van der Waals surface area contributed by atoms with Gasteiger partial charge >= 0.3 is 0 Å². The first-order chi connectivity index (χ1) is 5.66. The number of aliphatic hydroxyl groups excluding tert-OH is 1. The Hall–Kier alpha value is 0.610. The number of likely N-dealkylation sites (tertiary alicyclic amines) is 1. The zero-order valence-corrected chi connectivity index (χ0v) is 9.69. The molecule has 1 N–H and O–H groups in total. The summed E-state index contributed by atoms with van der Waals surface area (Å²) in [5.74, 6) is 0.591. The van der Waals surface area contributed by atoms with Gasteiger partial charge in [-0.15, -0.1) is 0 Å². The molecule has 0 aromatic carbocycles. The van der Waals surface area contributed by atoms with Gasteiger partial charge in [0.1, 0.15) is 23.0 Å². The fraction of sp³-hybridized carbons (Fsp3) is 1.00. The van der Waals surface area contributed by atoms with E-state index in [0.29, 0.717) is 12.0 Å². The van der Waals surface area contributed by atoms with Crippen molar-refractivity contribution in [1.82, 2.24) is 4.90 Å². The molecule has 0 radical (unpaired) electrons. The van der Waals surface area contributed by atoms with Crippen molar-refractivity contribution in [2.75, 3.05) is 6.54 Å². The Balaban J connectivity index is 2.51. The maximum Gasteiger partial charge on any atom is 0.226 e. The minimum Gasteiger partial charge on any atom is -0.355 e. The van der Waals surface area contributed by atoms with Crippen LogP contribution in [-0.2, 0) is 3.07 Å². The SMILES string of the molecule is CC(C)C1CCCN1C(O)OI. The third kappa shape index (κ3) is 2.31. The highest BCUT2D eigenvalue weighted by Crippen LogP contribution is 2.25. The van der Waals surface area contributed by atoms with E-state index >= 15 is 0 Å². The number of aliphatic hydroxyl groups is 1. The first-order valence-electron chi connectivity index (χ1n) is 4.38. The number of nitrogens with zero attached hydrogens (tertiary/aromatic N) is 1. The summed E-state index contributed by atoms with van der Waals surface area (Å²) < 4.78 is 4.87. The van der Waals surface area contributed by atoms with Crippen molar-refractivity contribution >= 4 is 23.0 Å². The van der Waals surface area contributed by atoms with Gasteiger partial charge in [0.2, 0.25) is 6.41 Å². The maximum absolute atomic E-state index is 9.47. The van der Waals surface area contributed by atoms with Gasteiger partial charge in [-0.25, -0.2) is 0 Å². The van der Waals surface area contributed by atoms with E-state index in [9.17, 15) is 5.11 Å². The first kappa shape index (κ1) is 10.7. The van der Waals surface area contributed by atoms with Crippen molar-refractivity contribution in [3.63, 3.8) is 0 Å². The van der Waals surface area contributed by atoms with E-state index in [0.717, 1.165) is 6.54 Å². The molecule has 0 saturated carbocycles. The van der Waals surface area contributed by atoms with E-state index in [1.54, 1.807) is 23.0 Å². The lowest BCUT2D eigenvalue weighted by Gasteiger charge is -2.29. The average molecular weight is 285 g/mol. The summed E-state index contributed by atoms with van der Waals surface area (Å²) in [4.78, 5) is 2.02. The average Bonchev–Trinajstić information content (AvgIpc) is 2.50. The standard InChI is InChI=1S/C8H16INO2/c1-6(2)7-4-3-5-10(7)8(11)12-9/h6-8,11H,3-5H2,1-2H3. The Morgan fingerprint density at radius 1 is 1.58 bits per heavy atom. The number of hydrogen-bond acceptors (Lipinski definition) is 3. The molecule has 0 aromatic rings. The van der Waals surface area contributed by atoms with E-state index in [4.69, 9.17) is 3.07 Å². The highest BCUT2D eigenvalue weighted by atomic mass is 127. The molecule has 72 valence electrons. The minimum atomic E-state index is -0.722. The van der Waals surface area contributed by atoms with Crippen molar-refractivity contribution in [3.05, 3.63) is 0 Å². The van der Waals surface area contributed by atoms with Crippen LogP contribution < -0.4 is 0 Å². The van der Waals surface area contributed by atoms with Gasteiger partial charge in [-0.3, -0.25) is 7.97 Å². The molecule has 1 aliphatic heterocycles. The molecule has 1 heterocycles. The second kappa shape index (κ2) is 4.74. The van der Waals surface area contributed by atoms with E-state index in [1.165, 1.54) is 12.8 Å². The zero-order valence-electron chi connectivity index (χ0n) is 7.53. The van der Waals surface area contributed by atoms with Crippen LogP contribution >= 0.6 is 23.0 Å². The van der Waals surface area contributed by atoms with Gasteiger partial charge in [-0.1, -0.05) is 13.8 Å². The van der Waals surface area contributed by atoms with Crippen LogP contribution in [0.4, 0.5) is 0 Å². The Bertz CT molecular complexity index is 143. The van der Waals surface area contributed by atoms with Gasteiger partial charge < -0.3 is 5.11 Å². The summed E-state index contributed by atoms with van der Waals surface area (Å²) in [5, 5.41) is 9.47. The molecule has 0 aliphatic carbocycles. The van der Waals surface area contributed by atoms with Crippen LogP contribution in [0.5, 0.6) is 0 Å². The lowest BCUT2D eigenvalue weighted by Crippen LogP contribution is -2.41. The van der Waals surface area contributed by atoms with Crippen molar-refractivity contribution in [2.45, 2.75) is 39.1 Å². The Morgan fingerprint density at radius 2 is 2.25 bits per heavy atom. The minimum absolute atomic E-state index is 0.481. The number of rotatable bonds is 3. The maximum atomic E-state index is 9.47. The van der Waals surface area contributed by atoms with Crippen LogP contribution in [0, 0.1) is 5.92 Å². The molecule has 1 saturated heterocycles. The molecule has 1 aliphatic rings. The third-order valence-electron chi connectivity index (χ3n) is 2.48. The fourth-order valence-electron chi connectivity index (χ4n) is 1.86. The second-order valence-corrected chi connectivity index (χ2v) is 4.12. The molecule has 4 heteroatoms. The molecule has 0 aromatic heterocycles. The van der Waals surface area contributed by atoms with Crippen molar-refractivity contribution in [1.29, 1.82) is 0 Å². The van der Waals surface area contributed by atoms with Crippen LogP contribution in [0.3, 0.4) is 0 Å². The molecule has 1 rings (SSSR count). The van der Waals surface area contributed by atoms with Crippen molar-refractivity contribution in [2.24, 2.45) is 5.92 Å². The summed E-state index contributed by atoms with van der Waals surface area (Å²) >= 11 is 1.74. The molecule has 0 spiro atoms. The number of hydrogen-bond donors (Lipinski definition) is 1. The summed E-state index contributed by atoms with van der Waals surface area (Å²) in [6.45, 7) is 5.32. The Labute approximate surface area is 87.8 Å². The molecule has 2 atom stereocenters. The highest BCUT2D eigenvalue weighted by Gasteiger charge is 2.31. The van der Waals surface area contributed by atoms with Gasteiger partial charge in [0, 0.05) is 12.6 Å². The molecule has 3 nitrogen and oxygen atoms in total. The van der Waals surface area contributed by atoms with Gasteiger partial charge in [0.05, 0.1) is 0 Å². The quantitative estimate of drug-likeness (QED) is 0.633. The smallest absolute Gasteiger partial charge is 0.226 e. The van der Waals surface area contributed by atoms with Gasteiger partial charge in [0.25, 0.3) is 0 Å². The molecule has 0 bridgehead atoms. The lowest BCUT2D eigenvalue weighted by atomic mass is 10.0.